The number of carbonyl (C=O) groups is 1. The molecule has 0 spiro atoms. The second-order valence-corrected chi connectivity index (χ2v) is 4.53. The molecule has 1 unspecified atom stereocenters. The zero-order chi connectivity index (χ0) is 10.7. The third-order valence-corrected chi connectivity index (χ3v) is 3.33. The Balaban J connectivity index is 1.95. The van der Waals surface area contributed by atoms with Gasteiger partial charge in [0.25, 0.3) is 0 Å². The van der Waals surface area contributed by atoms with E-state index in [1.807, 2.05) is 0 Å². The molecule has 6 heteroatoms. The van der Waals surface area contributed by atoms with Crippen molar-refractivity contribution in [1.29, 1.82) is 0 Å². The van der Waals surface area contributed by atoms with E-state index in [0.29, 0.717) is 0 Å². The lowest BCUT2D eigenvalue weighted by molar-refractivity contribution is -0.138. The quantitative estimate of drug-likeness (QED) is 0.841. The van der Waals surface area contributed by atoms with Gasteiger partial charge in [-0.1, -0.05) is 0 Å². The molecule has 1 aromatic rings. The zero-order valence-electron chi connectivity index (χ0n) is 8.30. The summed E-state index contributed by atoms with van der Waals surface area (Å²) in [4.78, 5) is 16.9. The molecule has 1 atom stereocenters. The van der Waals surface area contributed by atoms with Gasteiger partial charge in [0, 0.05) is 31.0 Å². The highest BCUT2D eigenvalue weighted by atomic mass is 32.1. The van der Waals surface area contributed by atoms with Crippen molar-refractivity contribution in [3.05, 3.63) is 6.33 Å². The number of hydrogen-bond acceptors (Lipinski definition) is 5. The van der Waals surface area contributed by atoms with E-state index in [9.17, 15) is 4.79 Å². The number of aromatic nitrogens is 2. The van der Waals surface area contributed by atoms with Crippen LogP contribution in [0, 0.1) is 5.92 Å². The molecule has 1 saturated heterocycles. The zero-order valence-corrected chi connectivity index (χ0v) is 9.11. The molecule has 1 aliphatic heterocycles. The fourth-order valence-electron chi connectivity index (χ4n) is 1.96. The Labute approximate surface area is 91.9 Å². The molecule has 2 rings (SSSR count). The van der Waals surface area contributed by atoms with E-state index >= 15 is 0 Å². The summed E-state index contributed by atoms with van der Waals surface area (Å²) in [5.41, 5.74) is 0. The third-order valence-electron chi connectivity index (χ3n) is 2.60. The molecule has 0 aliphatic carbocycles. The predicted molar refractivity (Wildman–Crippen MR) is 57.1 cm³/mol. The van der Waals surface area contributed by atoms with Gasteiger partial charge in [-0.2, -0.15) is 4.37 Å². The van der Waals surface area contributed by atoms with Crippen LogP contribution in [0.4, 0.5) is 5.13 Å². The highest BCUT2D eigenvalue weighted by molar-refractivity contribution is 7.09. The number of nitrogens with zero attached hydrogens (tertiary/aromatic N) is 3. The van der Waals surface area contributed by atoms with Gasteiger partial charge in [0.2, 0.25) is 5.13 Å². The number of anilines is 1. The summed E-state index contributed by atoms with van der Waals surface area (Å²) in [5, 5.41) is 9.65. The SMILES string of the molecule is O=C(O)CC1CCCN(c2ncns2)C1. The van der Waals surface area contributed by atoms with Gasteiger partial charge < -0.3 is 10.0 Å². The molecule has 15 heavy (non-hydrogen) atoms. The molecule has 1 aromatic heterocycles. The van der Waals surface area contributed by atoms with Gasteiger partial charge in [-0.25, -0.2) is 4.98 Å². The molecule has 0 saturated carbocycles. The van der Waals surface area contributed by atoms with E-state index in [2.05, 4.69) is 14.3 Å². The first kappa shape index (κ1) is 10.4. The third kappa shape index (κ3) is 2.65. The average Bonchev–Trinajstić information content (AvgIpc) is 2.69. The highest BCUT2D eigenvalue weighted by Gasteiger charge is 2.23. The Morgan fingerprint density at radius 1 is 1.73 bits per heavy atom. The van der Waals surface area contributed by atoms with Crippen molar-refractivity contribution in [1.82, 2.24) is 9.36 Å². The maximum absolute atomic E-state index is 10.6. The lowest BCUT2D eigenvalue weighted by atomic mass is 9.95. The Bertz CT molecular complexity index is 328. The number of carboxylic acids is 1. The summed E-state index contributed by atoms with van der Waals surface area (Å²) in [6.45, 7) is 1.76. The minimum Gasteiger partial charge on any atom is -0.481 e. The molecule has 0 aromatic carbocycles. The predicted octanol–water partition coefficient (Wildman–Crippen LogP) is 1.23. The second kappa shape index (κ2) is 4.57. The first-order valence-corrected chi connectivity index (χ1v) is 5.76. The van der Waals surface area contributed by atoms with Crippen LogP contribution in [-0.2, 0) is 4.79 Å². The summed E-state index contributed by atoms with van der Waals surface area (Å²) in [7, 11) is 0. The normalized spacial score (nSPS) is 21.6. The Morgan fingerprint density at radius 2 is 2.60 bits per heavy atom. The molecular formula is C9H13N3O2S. The maximum atomic E-state index is 10.6. The second-order valence-electron chi connectivity index (χ2n) is 3.78. The molecule has 1 fully saturated rings. The van der Waals surface area contributed by atoms with Gasteiger partial charge in [-0.3, -0.25) is 4.79 Å². The van der Waals surface area contributed by atoms with Crippen molar-refractivity contribution >= 4 is 22.6 Å². The summed E-state index contributed by atoms with van der Waals surface area (Å²) >= 11 is 1.37. The molecular weight excluding hydrogens is 214 g/mol. The van der Waals surface area contributed by atoms with E-state index in [1.54, 1.807) is 6.33 Å². The Morgan fingerprint density at radius 3 is 3.27 bits per heavy atom. The van der Waals surface area contributed by atoms with Crippen LogP contribution in [0.3, 0.4) is 0 Å². The first-order valence-electron chi connectivity index (χ1n) is 4.99. The molecule has 2 heterocycles. The molecule has 82 valence electrons. The maximum Gasteiger partial charge on any atom is 0.303 e. The number of aliphatic carboxylic acids is 1. The lowest BCUT2D eigenvalue weighted by Gasteiger charge is -2.31. The van der Waals surface area contributed by atoms with Crippen LogP contribution in [0.2, 0.25) is 0 Å². The van der Waals surface area contributed by atoms with Gasteiger partial charge in [0.1, 0.15) is 6.33 Å². The summed E-state index contributed by atoms with van der Waals surface area (Å²) in [6.07, 6.45) is 3.84. The van der Waals surface area contributed by atoms with E-state index < -0.39 is 5.97 Å². The number of piperidine rings is 1. The summed E-state index contributed by atoms with van der Waals surface area (Å²) in [6, 6.07) is 0. The van der Waals surface area contributed by atoms with Crippen molar-refractivity contribution in [3.8, 4) is 0 Å². The lowest BCUT2D eigenvalue weighted by Crippen LogP contribution is -2.36. The largest absolute Gasteiger partial charge is 0.481 e. The molecule has 0 amide bonds. The van der Waals surface area contributed by atoms with Gasteiger partial charge in [0.05, 0.1) is 0 Å². The number of carboxylic acid groups (broad SMARTS) is 1. The van der Waals surface area contributed by atoms with Crippen LogP contribution in [0.5, 0.6) is 0 Å². The van der Waals surface area contributed by atoms with Crippen molar-refractivity contribution < 1.29 is 9.90 Å². The van der Waals surface area contributed by atoms with Crippen molar-refractivity contribution in [3.63, 3.8) is 0 Å². The molecule has 0 bridgehead atoms. The molecule has 1 N–H and O–H groups in total. The van der Waals surface area contributed by atoms with Crippen LogP contribution in [0.1, 0.15) is 19.3 Å². The summed E-state index contributed by atoms with van der Waals surface area (Å²) < 4.78 is 3.96. The van der Waals surface area contributed by atoms with Gasteiger partial charge in [-0.15, -0.1) is 0 Å². The fraction of sp³-hybridized carbons (Fsp3) is 0.667. The van der Waals surface area contributed by atoms with Crippen LogP contribution in [0.25, 0.3) is 0 Å². The average molecular weight is 227 g/mol. The van der Waals surface area contributed by atoms with Crippen LogP contribution in [0.15, 0.2) is 6.33 Å². The Kier molecular flexibility index (Phi) is 3.15. The van der Waals surface area contributed by atoms with E-state index in [1.165, 1.54) is 11.5 Å². The highest BCUT2D eigenvalue weighted by Crippen LogP contribution is 2.25. The number of rotatable bonds is 3. The van der Waals surface area contributed by atoms with Gasteiger partial charge in [-0.05, 0) is 18.8 Å². The van der Waals surface area contributed by atoms with Crippen LogP contribution in [-0.4, -0.2) is 33.5 Å². The minimum absolute atomic E-state index is 0.250. The summed E-state index contributed by atoms with van der Waals surface area (Å²) in [5.74, 6) is -0.459. The van der Waals surface area contributed by atoms with Crippen LogP contribution >= 0.6 is 11.5 Å². The molecule has 0 radical (unpaired) electrons. The molecule has 5 nitrogen and oxygen atoms in total. The minimum atomic E-state index is -0.709. The van der Waals surface area contributed by atoms with Crippen molar-refractivity contribution in [2.75, 3.05) is 18.0 Å². The van der Waals surface area contributed by atoms with Crippen molar-refractivity contribution in [2.45, 2.75) is 19.3 Å². The number of hydrogen-bond donors (Lipinski definition) is 1. The van der Waals surface area contributed by atoms with Gasteiger partial charge in [0.15, 0.2) is 0 Å². The van der Waals surface area contributed by atoms with E-state index in [0.717, 1.165) is 31.1 Å². The Hall–Kier alpha value is -1.17. The van der Waals surface area contributed by atoms with Crippen molar-refractivity contribution in [2.24, 2.45) is 5.92 Å². The van der Waals surface area contributed by atoms with E-state index in [-0.39, 0.29) is 12.3 Å². The fourth-order valence-corrected chi connectivity index (χ4v) is 2.52. The van der Waals surface area contributed by atoms with E-state index in [4.69, 9.17) is 5.11 Å². The molecule has 1 aliphatic rings. The monoisotopic (exact) mass is 227 g/mol. The van der Waals surface area contributed by atoms with Crippen LogP contribution < -0.4 is 4.90 Å². The van der Waals surface area contributed by atoms with Gasteiger partial charge >= 0.3 is 5.97 Å². The standard InChI is InChI=1S/C9H13N3O2S/c13-8(14)4-7-2-1-3-12(5-7)9-10-6-11-15-9/h6-7H,1-5H2,(H,13,14). The smallest absolute Gasteiger partial charge is 0.303 e. The first-order chi connectivity index (χ1) is 7.25. The topological polar surface area (TPSA) is 66.3 Å².